The van der Waals surface area contributed by atoms with Gasteiger partial charge in [-0.15, -0.1) is 0 Å². The van der Waals surface area contributed by atoms with Crippen molar-refractivity contribution in [2.24, 2.45) is 5.73 Å². The molecule has 0 aliphatic carbocycles. The molecular weight excluding hydrogens is 149 g/mol. The van der Waals surface area contributed by atoms with Gasteiger partial charge in [-0.3, -0.25) is 4.39 Å². The normalized spacial score (nSPS) is 13.4. The average molecular weight is 159 g/mol. The highest BCUT2D eigenvalue weighted by molar-refractivity contribution is 7.07. The standard InChI is InChI=1S/C7H10FNS/c8-3-1-7(9)6-2-4-10-5-6/h2,4-5,7H,1,3,9H2/t7-/m0/s1. The first-order valence-electron chi connectivity index (χ1n) is 3.18. The van der Waals surface area contributed by atoms with Crippen LogP contribution < -0.4 is 5.73 Å². The molecule has 0 amide bonds. The zero-order valence-electron chi connectivity index (χ0n) is 5.59. The maximum absolute atomic E-state index is 11.8. The molecule has 10 heavy (non-hydrogen) atoms. The molecule has 1 rings (SSSR count). The monoisotopic (exact) mass is 159 g/mol. The van der Waals surface area contributed by atoms with Crippen molar-refractivity contribution in [2.45, 2.75) is 12.5 Å². The Kier molecular flexibility index (Phi) is 2.83. The van der Waals surface area contributed by atoms with Gasteiger partial charge in [-0.2, -0.15) is 11.3 Å². The fourth-order valence-electron chi connectivity index (χ4n) is 0.770. The minimum Gasteiger partial charge on any atom is -0.324 e. The van der Waals surface area contributed by atoms with Crippen molar-refractivity contribution in [3.63, 3.8) is 0 Å². The van der Waals surface area contributed by atoms with Crippen LogP contribution in [0.3, 0.4) is 0 Å². The highest BCUT2D eigenvalue weighted by Gasteiger charge is 2.04. The van der Waals surface area contributed by atoms with E-state index in [0.29, 0.717) is 6.42 Å². The lowest BCUT2D eigenvalue weighted by Crippen LogP contribution is -2.09. The van der Waals surface area contributed by atoms with Crippen molar-refractivity contribution in [3.8, 4) is 0 Å². The summed E-state index contributed by atoms with van der Waals surface area (Å²) in [5.74, 6) is 0. The molecule has 1 heterocycles. The number of hydrogen-bond acceptors (Lipinski definition) is 2. The summed E-state index contributed by atoms with van der Waals surface area (Å²) in [6, 6.07) is 1.82. The van der Waals surface area contributed by atoms with Gasteiger partial charge in [0.2, 0.25) is 0 Å². The van der Waals surface area contributed by atoms with E-state index in [2.05, 4.69) is 0 Å². The summed E-state index contributed by atoms with van der Waals surface area (Å²) >= 11 is 1.59. The largest absolute Gasteiger partial charge is 0.324 e. The van der Waals surface area contributed by atoms with Gasteiger partial charge >= 0.3 is 0 Å². The Bertz CT molecular complexity index is 174. The Labute approximate surface area is 63.7 Å². The van der Waals surface area contributed by atoms with Crippen LogP contribution in [0.4, 0.5) is 4.39 Å². The van der Waals surface area contributed by atoms with Crippen LogP contribution in [-0.2, 0) is 0 Å². The Balaban J connectivity index is 2.50. The van der Waals surface area contributed by atoms with E-state index < -0.39 is 0 Å². The van der Waals surface area contributed by atoms with Crippen molar-refractivity contribution in [1.82, 2.24) is 0 Å². The highest BCUT2D eigenvalue weighted by atomic mass is 32.1. The zero-order valence-corrected chi connectivity index (χ0v) is 6.40. The number of rotatable bonds is 3. The highest BCUT2D eigenvalue weighted by Crippen LogP contribution is 2.16. The van der Waals surface area contributed by atoms with Gasteiger partial charge in [0.25, 0.3) is 0 Å². The van der Waals surface area contributed by atoms with Crippen LogP contribution in [0.15, 0.2) is 16.8 Å². The first-order valence-corrected chi connectivity index (χ1v) is 4.12. The molecule has 1 nitrogen and oxygen atoms in total. The summed E-state index contributed by atoms with van der Waals surface area (Å²) in [4.78, 5) is 0. The summed E-state index contributed by atoms with van der Waals surface area (Å²) in [7, 11) is 0. The maximum atomic E-state index is 11.8. The molecule has 56 valence electrons. The number of hydrogen-bond donors (Lipinski definition) is 1. The SMILES string of the molecule is N[C@@H](CCF)c1ccsc1. The fraction of sp³-hybridized carbons (Fsp3) is 0.429. The van der Waals surface area contributed by atoms with Crippen LogP contribution >= 0.6 is 11.3 Å². The quantitative estimate of drug-likeness (QED) is 0.718. The van der Waals surface area contributed by atoms with E-state index in [1.807, 2.05) is 16.8 Å². The summed E-state index contributed by atoms with van der Waals surface area (Å²) in [6.07, 6.45) is 0.427. The van der Waals surface area contributed by atoms with Gasteiger partial charge in [0, 0.05) is 6.04 Å². The predicted octanol–water partition coefficient (Wildman–Crippen LogP) is 2.11. The predicted molar refractivity (Wildman–Crippen MR) is 41.8 cm³/mol. The van der Waals surface area contributed by atoms with Crippen molar-refractivity contribution >= 4 is 11.3 Å². The Morgan fingerprint density at radius 2 is 2.50 bits per heavy atom. The first-order chi connectivity index (χ1) is 4.84. The molecule has 0 unspecified atom stereocenters. The molecule has 0 saturated carbocycles. The van der Waals surface area contributed by atoms with Crippen molar-refractivity contribution in [3.05, 3.63) is 22.4 Å². The van der Waals surface area contributed by atoms with E-state index in [9.17, 15) is 4.39 Å². The summed E-state index contributed by atoms with van der Waals surface area (Å²) in [5.41, 5.74) is 6.66. The lowest BCUT2D eigenvalue weighted by atomic mass is 10.1. The van der Waals surface area contributed by atoms with Crippen molar-refractivity contribution < 1.29 is 4.39 Å². The van der Waals surface area contributed by atoms with E-state index in [1.165, 1.54) is 0 Å². The van der Waals surface area contributed by atoms with Gasteiger partial charge < -0.3 is 5.73 Å². The molecule has 2 N–H and O–H groups in total. The second kappa shape index (κ2) is 3.68. The number of nitrogens with two attached hydrogens (primary N) is 1. The van der Waals surface area contributed by atoms with Crippen LogP contribution in [0.2, 0.25) is 0 Å². The van der Waals surface area contributed by atoms with Crippen LogP contribution in [0.25, 0.3) is 0 Å². The lowest BCUT2D eigenvalue weighted by Gasteiger charge is -2.04. The van der Waals surface area contributed by atoms with Gasteiger partial charge in [-0.25, -0.2) is 0 Å². The smallest absolute Gasteiger partial charge is 0.0912 e. The molecule has 1 aromatic heterocycles. The Morgan fingerprint density at radius 3 is 3.00 bits per heavy atom. The zero-order chi connectivity index (χ0) is 7.40. The molecule has 0 bridgehead atoms. The minimum absolute atomic E-state index is 0.115. The van der Waals surface area contributed by atoms with Crippen LogP contribution in [0, 0.1) is 0 Å². The molecule has 3 heteroatoms. The average Bonchev–Trinajstić information content (AvgIpc) is 2.38. The molecule has 1 atom stereocenters. The molecule has 0 radical (unpaired) electrons. The number of thiophene rings is 1. The number of alkyl halides is 1. The molecular formula is C7H10FNS. The van der Waals surface area contributed by atoms with E-state index in [1.54, 1.807) is 11.3 Å². The van der Waals surface area contributed by atoms with Gasteiger partial charge in [0.05, 0.1) is 6.67 Å². The number of halogens is 1. The minimum atomic E-state index is -0.336. The third kappa shape index (κ3) is 1.78. The topological polar surface area (TPSA) is 26.0 Å². The first kappa shape index (κ1) is 7.69. The summed E-state index contributed by atoms with van der Waals surface area (Å²) < 4.78 is 11.8. The molecule has 1 aromatic rings. The maximum Gasteiger partial charge on any atom is 0.0912 e. The third-order valence-electron chi connectivity index (χ3n) is 1.39. The van der Waals surface area contributed by atoms with Gasteiger partial charge in [-0.1, -0.05) is 0 Å². The third-order valence-corrected chi connectivity index (χ3v) is 2.09. The van der Waals surface area contributed by atoms with Gasteiger partial charge in [0.1, 0.15) is 0 Å². The van der Waals surface area contributed by atoms with E-state index in [-0.39, 0.29) is 12.7 Å². The molecule has 0 fully saturated rings. The van der Waals surface area contributed by atoms with Crippen LogP contribution in [0.5, 0.6) is 0 Å². The summed E-state index contributed by atoms with van der Waals surface area (Å²) in [6.45, 7) is -0.336. The van der Waals surface area contributed by atoms with Crippen molar-refractivity contribution in [1.29, 1.82) is 0 Å². The molecule has 0 aromatic carbocycles. The lowest BCUT2D eigenvalue weighted by molar-refractivity contribution is 0.442. The van der Waals surface area contributed by atoms with Gasteiger partial charge in [0.15, 0.2) is 0 Å². The van der Waals surface area contributed by atoms with Crippen molar-refractivity contribution in [2.75, 3.05) is 6.67 Å². The fourth-order valence-corrected chi connectivity index (χ4v) is 1.49. The van der Waals surface area contributed by atoms with Crippen LogP contribution in [-0.4, -0.2) is 6.67 Å². The van der Waals surface area contributed by atoms with E-state index >= 15 is 0 Å². The summed E-state index contributed by atoms with van der Waals surface area (Å²) in [5, 5.41) is 3.91. The Morgan fingerprint density at radius 1 is 1.70 bits per heavy atom. The molecule has 0 aliphatic heterocycles. The van der Waals surface area contributed by atoms with Gasteiger partial charge in [-0.05, 0) is 28.8 Å². The van der Waals surface area contributed by atoms with E-state index in [4.69, 9.17) is 5.73 Å². The van der Waals surface area contributed by atoms with Crippen LogP contribution in [0.1, 0.15) is 18.0 Å². The van der Waals surface area contributed by atoms with E-state index in [0.717, 1.165) is 5.56 Å². The second-order valence-electron chi connectivity index (χ2n) is 2.14. The Hall–Kier alpha value is -0.410. The molecule has 0 saturated heterocycles. The molecule has 0 aliphatic rings. The second-order valence-corrected chi connectivity index (χ2v) is 2.92. The molecule has 0 spiro atoms.